The molecule has 0 aromatic heterocycles. The number of carbonyl (C=O) groups excluding carboxylic acids is 3. The molecule has 0 heterocycles. The summed E-state index contributed by atoms with van der Waals surface area (Å²) < 4.78 is 0.956. The number of likely N-dealkylation sites (N-methyl/N-ethyl adjacent to an activating group) is 1. The third-order valence-corrected chi connectivity index (χ3v) is 5.45. The number of carbonyl (C=O) groups is 3. The van der Waals surface area contributed by atoms with Crippen molar-refractivity contribution in [2.24, 2.45) is 0 Å². The van der Waals surface area contributed by atoms with Crippen molar-refractivity contribution in [3.05, 3.63) is 58.1 Å². The maximum Gasteiger partial charge on any atom is 0.253 e. The van der Waals surface area contributed by atoms with Gasteiger partial charge in [-0.25, -0.2) is 0 Å². The van der Waals surface area contributed by atoms with Crippen LogP contribution in [0.3, 0.4) is 0 Å². The summed E-state index contributed by atoms with van der Waals surface area (Å²) in [6, 6.07) is 12.9. The summed E-state index contributed by atoms with van der Waals surface area (Å²) in [6.45, 7) is 2.51. The monoisotopic (exact) mass is 486 g/mol. The molecule has 0 saturated heterocycles. The molecule has 8 heteroatoms. The van der Waals surface area contributed by atoms with Crippen molar-refractivity contribution in [2.75, 3.05) is 30.8 Å². The molecule has 0 aliphatic heterocycles. The Hall–Kier alpha value is -2.71. The number of anilines is 2. The predicted molar refractivity (Wildman–Crippen MR) is 125 cm³/mol. The van der Waals surface area contributed by atoms with E-state index in [9.17, 15) is 14.4 Å². The molecule has 164 valence electrons. The molecule has 0 bridgehead atoms. The Balaban J connectivity index is 1.46. The molecule has 0 radical (unpaired) electrons. The minimum Gasteiger partial charge on any atom is -0.349 e. The smallest absolute Gasteiger partial charge is 0.253 e. The third-order valence-electron chi connectivity index (χ3n) is 4.95. The molecule has 1 fully saturated rings. The number of para-hydroxylation sites is 1. The molecule has 0 spiro atoms. The van der Waals surface area contributed by atoms with Gasteiger partial charge in [-0.1, -0.05) is 28.1 Å². The maximum atomic E-state index is 12.4. The van der Waals surface area contributed by atoms with Crippen molar-refractivity contribution < 1.29 is 14.4 Å². The maximum absolute atomic E-state index is 12.4. The average molecular weight is 487 g/mol. The molecule has 1 aliphatic rings. The van der Waals surface area contributed by atoms with Gasteiger partial charge in [0.2, 0.25) is 11.8 Å². The van der Waals surface area contributed by atoms with Crippen molar-refractivity contribution in [3.63, 3.8) is 0 Å². The van der Waals surface area contributed by atoms with E-state index in [0.29, 0.717) is 17.8 Å². The van der Waals surface area contributed by atoms with Crippen molar-refractivity contribution in [2.45, 2.75) is 32.2 Å². The Bertz CT molecular complexity index is 975. The molecular formula is C23H27BrN4O3. The summed E-state index contributed by atoms with van der Waals surface area (Å²) in [7, 11) is 1.79. The fourth-order valence-corrected chi connectivity index (χ4v) is 3.54. The van der Waals surface area contributed by atoms with Crippen LogP contribution in [-0.2, 0) is 9.59 Å². The van der Waals surface area contributed by atoms with Crippen LogP contribution >= 0.6 is 15.9 Å². The van der Waals surface area contributed by atoms with Gasteiger partial charge >= 0.3 is 0 Å². The van der Waals surface area contributed by atoms with Crippen LogP contribution < -0.4 is 16.0 Å². The van der Waals surface area contributed by atoms with Crippen LogP contribution in [0.25, 0.3) is 0 Å². The van der Waals surface area contributed by atoms with E-state index in [4.69, 9.17) is 0 Å². The van der Waals surface area contributed by atoms with Crippen LogP contribution in [0.5, 0.6) is 0 Å². The lowest BCUT2D eigenvalue weighted by molar-refractivity contribution is -0.119. The van der Waals surface area contributed by atoms with Gasteiger partial charge < -0.3 is 16.0 Å². The van der Waals surface area contributed by atoms with Crippen LogP contribution in [0.15, 0.2) is 46.9 Å². The van der Waals surface area contributed by atoms with Crippen molar-refractivity contribution in [1.82, 2.24) is 10.2 Å². The molecule has 2 aromatic rings. The highest BCUT2D eigenvalue weighted by molar-refractivity contribution is 9.10. The SMILES string of the molecule is Cc1cc(Br)ccc1NC(=O)CN(C)CCC(=O)Nc1ccccc1C(=O)NC1CC1. The molecule has 0 atom stereocenters. The Kier molecular flexibility index (Phi) is 7.81. The van der Waals surface area contributed by atoms with Crippen molar-refractivity contribution in [3.8, 4) is 0 Å². The minimum absolute atomic E-state index is 0.143. The van der Waals surface area contributed by atoms with Gasteiger partial charge in [0.05, 0.1) is 17.8 Å². The first-order valence-corrected chi connectivity index (χ1v) is 11.1. The standard InChI is InChI=1S/C23H27BrN4O3/c1-15-13-16(24)7-10-19(15)26-22(30)14-28(2)12-11-21(29)27-20-6-4-3-5-18(20)23(31)25-17-8-9-17/h3-7,10,13,17H,8-9,11-12,14H2,1-2H3,(H,25,31)(H,26,30)(H,27,29). The topological polar surface area (TPSA) is 90.5 Å². The van der Waals surface area contributed by atoms with E-state index in [1.54, 1.807) is 36.2 Å². The number of hydrogen-bond acceptors (Lipinski definition) is 4. The number of amides is 3. The predicted octanol–water partition coefficient (Wildman–Crippen LogP) is 3.55. The Morgan fingerprint density at radius 1 is 1.03 bits per heavy atom. The molecule has 1 saturated carbocycles. The number of nitrogens with one attached hydrogen (secondary N) is 3. The molecule has 3 amide bonds. The van der Waals surface area contributed by atoms with E-state index in [0.717, 1.165) is 28.6 Å². The fourth-order valence-electron chi connectivity index (χ4n) is 3.07. The first-order chi connectivity index (χ1) is 14.8. The van der Waals surface area contributed by atoms with Crippen molar-refractivity contribution in [1.29, 1.82) is 0 Å². The highest BCUT2D eigenvalue weighted by Gasteiger charge is 2.25. The Morgan fingerprint density at radius 3 is 2.45 bits per heavy atom. The molecule has 3 rings (SSSR count). The second kappa shape index (κ2) is 10.5. The number of halogens is 1. The van der Waals surface area contributed by atoms with Gasteiger partial charge in [-0.3, -0.25) is 19.3 Å². The second-order valence-corrected chi connectivity index (χ2v) is 8.75. The lowest BCUT2D eigenvalue weighted by atomic mass is 10.1. The van der Waals surface area contributed by atoms with Crippen LogP contribution in [0, 0.1) is 6.92 Å². The molecule has 31 heavy (non-hydrogen) atoms. The van der Waals surface area contributed by atoms with E-state index in [1.165, 1.54) is 0 Å². The lowest BCUT2D eigenvalue weighted by Crippen LogP contribution is -2.33. The highest BCUT2D eigenvalue weighted by atomic mass is 79.9. The minimum atomic E-state index is -0.206. The fraction of sp³-hybridized carbons (Fsp3) is 0.348. The number of aryl methyl sites for hydroxylation is 1. The van der Waals surface area contributed by atoms with Crippen molar-refractivity contribution >= 4 is 45.0 Å². The molecular weight excluding hydrogens is 460 g/mol. The molecule has 3 N–H and O–H groups in total. The molecule has 0 unspecified atom stereocenters. The quantitative estimate of drug-likeness (QED) is 0.505. The van der Waals surface area contributed by atoms with Gasteiger partial charge in [-0.15, -0.1) is 0 Å². The summed E-state index contributed by atoms with van der Waals surface area (Å²) in [4.78, 5) is 38.9. The highest BCUT2D eigenvalue weighted by Crippen LogP contribution is 2.22. The zero-order chi connectivity index (χ0) is 22.4. The van der Waals surface area contributed by atoms with Gasteiger partial charge in [0.15, 0.2) is 0 Å². The third kappa shape index (κ3) is 7.18. The van der Waals surface area contributed by atoms with Crippen LogP contribution in [0.4, 0.5) is 11.4 Å². The van der Waals surface area contributed by atoms with E-state index in [-0.39, 0.29) is 36.7 Å². The molecule has 2 aromatic carbocycles. The summed E-state index contributed by atoms with van der Waals surface area (Å²) in [5.41, 5.74) is 2.69. The summed E-state index contributed by atoms with van der Waals surface area (Å²) >= 11 is 3.40. The number of rotatable bonds is 9. The summed E-state index contributed by atoms with van der Waals surface area (Å²) in [6.07, 6.45) is 2.21. The van der Waals surface area contributed by atoms with E-state index >= 15 is 0 Å². The zero-order valence-electron chi connectivity index (χ0n) is 17.7. The van der Waals surface area contributed by atoms with E-state index in [2.05, 4.69) is 31.9 Å². The number of hydrogen-bond donors (Lipinski definition) is 3. The van der Waals surface area contributed by atoms with Crippen LogP contribution in [0.2, 0.25) is 0 Å². The van der Waals surface area contributed by atoms with Crippen LogP contribution in [-0.4, -0.2) is 48.8 Å². The zero-order valence-corrected chi connectivity index (χ0v) is 19.3. The first kappa shape index (κ1) is 23.0. The largest absolute Gasteiger partial charge is 0.349 e. The lowest BCUT2D eigenvalue weighted by Gasteiger charge is -2.17. The Labute approximate surface area is 190 Å². The molecule has 1 aliphatic carbocycles. The number of benzene rings is 2. The summed E-state index contributed by atoms with van der Waals surface area (Å²) in [5.74, 6) is -0.520. The van der Waals surface area contributed by atoms with Crippen LogP contribution in [0.1, 0.15) is 35.2 Å². The van der Waals surface area contributed by atoms with Gasteiger partial charge in [-0.05, 0) is 62.7 Å². The van der Waals surface area contributed by atoms with E-state index in [1.807, 2.05) is 25.1 Å². The summed E-state index contributed by atoms with van der Waals surface area (Å²) in [5, 5.41) is 8.64. The van der Waals surface area contributed by atoms with Gasteiger partial charge in [0.25, 0.3) is 5.91 Å². The first-order valence-electron chi connectivity index (χ1n) is 10.3. The normalized spacial score (nSPS) is 13.0. The number of nitrogens with zero attached hydrogens (tertiary/aromatic N) is 1. The second-order valence-electron chi connectivity index (χ2n) is 7.84. The van der Waals surface area contributed by atoms with E-state index < -0.39 is 0 Å². The Morgan fingerprint density at radius 2 is 1.74 bits per heavy atom. The average Bonchev–Trinajstić information content (AvgIpc) is 3.53. The molecule has 7 nitrogen and oxygen atoms in total. The van der Waals surface area contributed by atoms with Gasteiger partial charge in [0.1, 0.15) is 0 Å². The van der Waals surface area contributed by atoms with Gasteiger partial charge in [-0.2, -0.15) is 0 Å². The van der Waals surface area contributed by atoms with Gasteiger partial charge in [0, 0.05) is 29.2 Å².